The van der Waals surface area contributed by atoms with E-state index in [1.807, 2.05) is 0 Å². The highest BCUT2D eigenvalue weighted by molar-refractivity contribution is 6.02. The lowest BCUT2D eigenvalue weighted by Crippen LogP contribution is -2.49. The number of carbonyl (C=O) groups excluding carboxylic acids is 1. The monoisotopic (exact) mass is 830 g/mol. The molecule has 1 amide bonds. The van der Waals surface area contributed by atoms with Crippen LogP contribution in [0.4, 0.5) is 32.6 Å². The SMILES string of the molecule is C#Cc1c(F)ccc2cccc(-c3ncc4c(N5CCCCCN5C(=O)OC(C)(C)C)nc(OCC56CCCN5C(COc5cc(C(F)(F)F)ncn5)CC6)nc4c3F)c12. The van der Waals surface area contributed by atoms with E-state index in [9.17, 15) is 18.0 Å². The maximum Gasteiger partial charge on any atom is 0.433 e. The van der Waals surface area contributed by atoms with Crippen molar-refractivity contribution in [3.8, 4) is 35.5 Å². The van der Waals surface area contributed by atoms with E-state index in [2.05, 4.69) is 30.8 Å². The fourth-order valence-corrected chi connectivity index (χ4v) is 8.57. The summed E-state index contributed by atoms with van der Waals surface area (Å²) in [7, 11) is 0. The number of hydrogen-bond donors (Lipinski definition) is 0. The number of anilines is 1. The molecular formula is C43H43F5N8O4. The van der Waals surface area contributed by atoms with Crippen molar-refractivity contribution in [3.63, 3.8) is 0 Å². The van der Waals surface area contributed by atoms with E-state index in [0.717, 1.165) is 31.7 Å². The van der Waals surface area contributed by atoms with Gasteiger partial charge in [0, 0.05) is 42.3 Å². The normalized spacial score (nSPS) is 19.9. The molecule has 0 bridgehead atoms. The van der Waals surface area contributed by atoms with Crippen molar-refractivity contribution >= 4 is 33.6 Å². The lowest BCUT2D eigenvalue weighted by atomic mass is 9.95. The lowest BCUT2D eigenvalue weighted by Gasteiger charge is -2.36. The minimum Gasteiger partial charge on any atom is -0.476 e. The van der Waals surface area contributed by atoms with Gasteiger partial charge in [0.2, 0.25) is 5.88 Å². The number of hydrogen-bond acceptors (Lipinski definition) is 11. The zero-order valence-electron chi connectivity index (χ0n) is 33.4. The number of pyridine rings is 1. The standard InChI is InChI=1S/C43H43F5N8O4/c1-5-28-31(44)14-13-26-11-9-12-29(34(26)28)36-35(45)37-30(22-49-36)38(55-19-7-6-8-20-56(55)40(57)60-41(2,3)4)53-39(52-37)59-24-42-16-10-18-54(42)27(15-17-42)23-58-33-21-32(43(46,47)48)50-25-51-33/h1,9,11-14,21-22,25,27H,6-8,10,15-20,23-24H2,2-4H3. The number of aromatic nitrogens is 5. The van der Waals surface area contributed by atoms with Crippen LogP contribution >= 0.6 is 0 Å². The number of halogens is 5. The van der Waals surface area contributed by atoms with Crippen molar-refractivity contribution in [2.45, 2.75) is 89.1 Å². The molecule has 2 aromatic carbocycles. The van der Waals surface area contributed by atoms with Crippen LogP contribution in [0.5, 0.6) is 11.9 Å². The van der Waals surface area contributed by atoms with Crippen molar-refractivity contribution in [2.75, 3.05) is 37.9 Å². The van der Waals surface area contributed by atoms with Gasteiger partial charge >= 0.3 is 18.3 Å². The minimum atomic E-state index is -4.64. The highest BCUT2D eigenvalue weighted by atomic mass is 19.4. The lowest BCUT2D eigenvalue weighted by molar-refractivity contribution is -0.141. The van der Waals surface area contributed by atoms with Crippen LogP contribution in [0.15, 0.2) is 48.9 Å². The molecular weight excluding hydrogens is 788 g/mol. The first-order valence-corrected chi connectivity index (χ1v) is 19.9. The van der Waals surface area contributed by atoms with Gasteiger partial charge < -0.3 is 14.2 Å². The summed E-state index contributed by atoms with van der Waals surface area (Å²) in [5.74, 6) is 0.973. The number of rotatable bonds is 8. The number of fused-ring (bicyclic) bond motifs is 3. The molecule has 0 saturated carbocycles. The van der Waals surface area contributed by atoms with Gasteiger partial charge in [0.1, 0.15) is 42.2 Å². The predicted molar refractivity (Wildman–Crippen MR) is 212 cm³/mol. The van der Waals surface area contributed by atoms with Gasteiger partial charge in [-0.25, -0.2) is 28.6 Å². The molecule has 0 radical (unpaired) electrons. The molecule has 60 heavy (non-hydrogen) atoms. The zero-order chi connectivity index (χ0) is 42.4. The molecule has 0 spiro atoms. The van der Waals surface area contributed by atoms with Gasteiger partial charge in [-0.15, -0.1) is 6.42 Å². The van der Waals surface area contributed by atoms with Gasteiger partial charge in [0.25, 0.3) is 0 Å². The second-order valence-electron chi connectivity index (χ2n) is 16.3. The molecule has 8 rings (SSSR count). The Bertz CT molecular complexity index is 2490. The third-order valence-electron chi connectivity index (χ3n) is 11.3. The van der Waals surface area contributed by atoms with E-state index >= 15 is 8.78 Å². The molecule has 5 aromatic rings. The molecule has 314 valence electrons. The van der Waals surface area contributed by atoms with Crippen molar-refractivity contribution < 1.29 is 41.0 Å². The van der Waals surface area contributed by atoms with E-state index in [1.165, 1.54) is 17.3 Å². The van der Waals surface area contributed by atoms with E-state index in [0.29, 0.717) is 56.1 Å². The maximum absolute atomic E-state index is 17.3. The van der Waals surface area contributed by atoms with Crippen LogP contribution < -0.4 is 14.5 Å². The molecule has 12 nitrogen and oxygen atoms in total. The fourth-order valence-electron chi connectivity index (χ4n) is 8.57. The number of benzene rings is 2. The molecule has 6 heterocycles. The molecule has 3 aliphatic rings. The van der Waals surface area contributed by atoms with Crippen LogP contribution in [-0.4, -0.2) is 91.0 Å². The Morgan fingerprint density at radius 3 is 2.57 bits per heavy atom. The average molecular weight is 831 g/mol. The van der Waals surface area contributed by atoms with Crippen LogP contribution in [-0.2, 0) is 10.9 Å². The Hall–Kier alpha value is -5.89. The summed E-state index contributed by atoms with van der Waals surface area (Å²) in [6, 6.07) is 8.40. The summed E-state index contributed by atoms with van der Waals surface area (Å²) >= 11 is 0. The van der Waals surface area contributed by atoms with Crippen LogP contribution in [0.3, 0.4) is 0 Å². The van der Waals surface area contributed by atoms with Crippen LogP contribution in [0, 0.1) is 24.0 Å². The number of terminal acetylenes is 1. The minimum absolute atomic E-state index is 0.0295. The van der Waals surface area contributed by atoms with E-state index < -0.39 is 40.7 Å². The Morgan fingerprint density at radius 2 is 1.78 bits per heavy atom. The number of amides is 1. The highest BCUT2D eigenvalue weighted by Gasteiger charge is 2.50. The third-order valence-corrected chi connectivity index (χ3v) is 11.3. The molecule has 3 aromatic heterocycles. The predicted octanol–water partition coefficient (Wildman–Crippen LogP) is 8.51. The van der Waals surface area contributed by atoms with Gasteiger partial charge in [0.05, 0.1) is 16.5 Å². The molecule has 3 saturated heterocycles. The summed E-state index contributed by atoms with van der Waals surface area (Å²) in [5, 5.41) is 4.26. The van der Waals surface area contributed by atoms with Gasteiger partial charge in [-0.3, -0.25) is 14.9 Å². The van der Waals surface area contributed by atoms with Crippen LogP contribution in [0.2, 0.25) is 0 Å². The summed E-state index contributed by atoms with van der Waals surface area (Å²) in [6.07, 6.45) is 7.95. The largest absolute Gasteiger partial charge is 0.476 e. The van der Waals surface area contributed by atoms with Crippen LogP contribution in [0.25, 0.3) is 32.9 Å². The number of alkyl halides is 3. The van der Waals surface area contributed by atoms with Crippen molar-refractivity contribution in [2.24, 2.45) is 0 Å². The van der Waals surface area contributed by atoms with Crippen LogP contribution in [0.1, 0.15) is 77.0 Å². The fraction of sp³-hybridized carbons (Fsp3) is 0.442. The molecule has 2 unspecified atom stereocenters. The van der Waals surface area contributed by atoms with Gasteiger partial charge in [-0.05, 0) is 83.7 Å². The van der Waals surface area contributed by atoms with E-state index in [1.54, 1.807) is 50.0 Å². The smallest absolute Gasteiger partial charge is 0.433 e. The Labute approximate surface area is 343 Å². The summed E-state index contributed by atoms with van der Waals surface area (Å²) in [5.41, 5.74) is -2.38. The van der Waals surface area contributed by atoms with E-state index in [4.69, 9.17) is 25.6 Å². The number of ether oxygens (including phenoxy) is 3. The average Bonchev–Trinajstić information content (AvgIpc) is 3.67. The third kappa shape index (κ3) is 7.92. The van der Waals surface area contributed by atoms with Gasteiger partial charge in [0.15, 0.2) is 17.3 Å². The quantitative estimate of drug-likeness (QED) is 0.111. The topological polar surface area (TPSA) is 119 Å². The first kappa shape index (κ1) is 40.9. The Kier molecular flexibility index (Phi) is 10.9. The summed E-state index contributed by atoms with van der Waals surface area (Å²) in [4.78, 5) is 37.2. The molecule has 2 atom stereocenters. The van der Waals surface area contributed by atoms with Crippen molar-refractivity contribution in [1.29, 1.82) is 0 Å². The number of nitrogens with zero attached hydrogens (tertiary/aromatic N) is 8. The highest BCUT2D eigenvalue weighted by Crippen LogP contribution is 2.44. The molecule has 0 N–H and O–H groups in total. The number of hydrazine groups is 1. The zero-order valence-corrected chi connectivity index (χ0v) is 33.4. The maximum atomic E-state index is 17.3. The van der Waals surface area contributed by atoms with Gasteiger partial charge in [-0.2, -0.15) is 23.1 Å². The van der Waals surface area contributed by atoms with E-state index in [-0.39, 0.29) is 64.7 Å². The van der Waals surface area contributed by atoms with Gasteiger partial charge in [-0.1, -0.05) is 30.2 Å². The number of carbonyl (C=O) groups is 1. The molecule has 0 aliphatic carbocycles. The second-order valence-corrected chi connectivity index (χ2v) is 16.3. The Balaban J connectivity index is 1.16. The first-order chi connectivity index (χ1) is 28.7. The second kappa shape index (κ2) is 15.9. The summed E-state index contributed by atoms with van der Waals surface area (Å²) < 4.78 is 90.1. The summed E-state index contributed by atoms with van der Waals surface area (Å²) in [6.45, 7) is 6.90. The molecule has 17 heteroatoms. The van der Waals surface area contributed by atoms with Crippen molar-refractivity contribution in [1.82, 2.24) is 34.8 Å². The Morgan fingerprint density at radius 1 is 0.967 bits per heavy atom. The molecule has 3 aliphatic heterocycles. The van der Waals surface area contributed by atoms with Crippen molar-refractivity contribution in [3.05, 3.63) is 71.8 Å². The first-order valence-electron chi connectivity index (χ1n) is 19.9. The molecule has 3 fully saturated rings.